The predicted molar refractivity (Wildman–Crippen MR) is 80.8 cm³/mol. The average molecular weight is 279 g/mol. The first kappa shape index (κ1) is 15.5. The Morgan fingerprint density at radius 3 is 2.55 bits per heavy atom. The fourth-order valence-electron chi connectivity index (χ4n) is 3.29. The SMILES string of the molecule is CCNC(C)C(CC)c1nc(C2CCC(C)CC2)no1. The van der Waals surface area contributed by atoms with E-state index < -0.39 is 0 Å². The minimum Gasteiger partial charge on any atom is -0.339 e. The molecule has 1 saturated carbocycles. The topological polar surface area (TPSA) is 51.0 Å². The van der Waals surface area contributed by atoms with E-state index in [0.29, 0.717) is 17.9 Å². The molecule has 4 heteroatoms. The Labute approximate surface area is 122 Å². The molecule has 0 saturated heterocycles. The van der Waals surface area contributed by atoms with Crippen molar-refractivity contribution in [2.75, 3.05) is 6.54 Å². The summed E-state index contributed by atoms with van der Waals surface area (Å²) in [5.41, 5.74) is 0. The van der Waals surface area contributed by atoms with Crippen LogP contribution in [0.15, 0.2) is 4.52 Å². The van der Waals surface area contributed by atoms with E-state index in [2.05, 4.69) is 38.2 Å². The highest BCUT2D eigenvalue weighted by molar-refractivity contribution is 5.02. The Kier molecular flexibility index (Phi) is 5.58. The van der Waals surface area contributed by atoms with Crippen molar-refractivity contribution in [1.29, 1.82) is 0 Å². The molecule has 20 heavy (non-hydrogen) atoms. The van der Waals surface area contributed by atoms with Crippen molar-refractivity contribution in [2.24, 2.45) is 5.92 Å². The summed E-state index contributed by atoms with van der Waals surface area (Å²) in [5, 5.41) is 7.72. The molecule has 0 bridgehead atoms. The van der Waals surface area contributed by atoms with Gasteiger partial charge in [0.1, 0.15) is 0 Å². The van der Waals surface area contributed by atoms with Crippen LogP contribution in [0.5, 0.6) is 0 Å². The molecule has 1 fully saturated rings. The average Bonchev–Trinajstić information content (AvgIpc) is 2.90. The highest BCUT2D eigenvalue weighted by Gasteiger charge is 2.27. The molecule has 0 aliphatic heterocycles. The molecule has 2 atom stereocenters. The smallest absolute Gasteiger partial charge is 0.231 e. The fraction of sp³-hybridized carbons (Fsp3) is 0.875. The van der Waals surface area contributed by atoms with Crippen LogP contribution in [-0.2, 0) is 0 Å². The van der Waals surface area contributed by atoms with Crippen LogP contribution in [0.2, 0.25) is 0 Å². The predicted octanol–water partition coefficient (Wildman–Crippen LogP) is 3.85. The van der Waals surface area contributed by atoms with Gasteiger partial charge in [0, 0.05) is 12.0 Å². The zero-order valence-corrected chi connectivity index (χ0v) is 13.4. The maximum absolute atomic E-state index is 5.56. The molecule has 2 rings (SSSR count). The van der Waals surface area contributed by atoms with E-state index in [-0.39, 0.29) is 0 Å². The van der Waals surface area contributed by atoms with Crippen LogP contribution in [0.4, 0.5) is 0 Å². The third-order valence-corrected chi connectivity index (χ3v) is 4.73. The van der Waals surface area contributed by atoms with E-state index in [9.17, 15) is 0 Å². The third kappa shape index (κ3) is 3.60. The molecule has 0 spiro atoms. The van der Waals surface area contributed by atoms with Crippen molar-refractivity contribution < 1.29 is 4.52 Å². The lowest BCUT2D eigenvalue weighted by Gasteiger charge is -2.23. The second kappa shape index (κ2) is 7.21. The van der Waals surface area contributed by atoms with Crippen LogP contribution in [0.1, 0.15) is 83.3 Å². The summed E-state index contributed by atoms with van der Waals surface area (Å²) in [6.45, 7) is 9.82. The van der Waals surface area contributed by atoms with Gasteiger partial charge in [-0.05, 0) is 38.6 Å². The second-order valence-electron chi connectivity index (χ2n) is 6.31. The number of likely N-dealkylation sites (N-methyl/N-ethyl adjacent to an activating group) is 1. The molecule has 1 aromatic heterocycles. The van der Waals surface area contributed by atoms with Gasteiger partial charge in [-0.15, -0.1) is 0 Å². The number of aromatic nitrogens is 2. The Morgan fingerprint density at radius 1 is 1.25 bits per heavy atom. The van der Waals surface area contributed by atoms with Crippen molar-refractivity contribution in [2.45, 2.75) is 77.7 Å². The lowest BCUT2D eigenvalue weighted by atomic mass is 9.83. The van der Waals surface area contributed by atoms with Gasteiger partial charge in [0.15, 0.2) is 5.82 Å². The lowest BCUT2D eigenvalue weighted by molar-refractivity contribution is 0.305. The number of rotatable bonds is 6. The zero-order valence-electron chi connectivity index (χ0n) is 13.4. The van der Waals surface area contributed by atoms with Gasteiger partial charge < -0.3 is 9.84 Å². The first-order valence-corrected chi connectivity index (χ1v) is 8.22. The van der Waals surface area contributed by atoms with Gasteiger partial charge in [-0.3, -0.25) is 0 Å². The van der Waals surface area contributed by atoms with Crippen molar-refractivity contribution in [3.63, 3.8) is 0 Å². The quantitative estimate of drug-likeness (QED) is 0.859. The maximum atomic E-state index is 5.56. The van der Waals surface area contributed by atoms with E-state index in [1.165, 1.54) is 25.7 Å². The Balaban J connectivity index is 2.03. The second-order valence-corrected chi connectivity index (χ2v) is 6.31. The van der Waals surface area contributed by atoms with E-state index in [4.69, 9.17) is 9.51 Å². The van der Waals surface area contributed by atoms with Gasteiger partial charge in [-0.25, -0.2) is 0 Å². The summed E-state index contributed by atoms with van der Waals surface area (Å²) >= 11 is 0. The van der Waals surface area contributed by atoms with Crippen LogP contribution in [-0.4, -0.2) is 22.7 Å². The summed E-state index contributed by atoms with van der Waals surface area (Å²) in [5.74, 6) is 3.44. The van der Waals surface area contributed by atoms with Gasteiger partial charge >= 0.3 is 0 Å². The molecule has 1 heterocycles. The van der Waals surface area contributed by atoms with Gasteiger partial charge in [0.2, 0.25) is 5.89 Å². The first-order valence-electron chi connectivity index (χ1n) is 8.22. The molecule has 1 aliphatic carbocycles. The normalized spacial score (nSPS) is 26.4. The molecule has 1 N–H and O–H groups in total. The Morgan fingerprint density at radius 2 is 1.95 bits per heavy atom. The first-order chi connectivity index (χ1) is 9.65. The van der Waals surface area contributed by atoms with Crippen molar-refractivity contribution in [3.05, 3.63) is 11.7 Å². The highest BCUT2D eigenvalue weighted by Crippen LogP contribution is 2.35. The van der Waals surface area contributed by atoms with E-state index >= 15 is 0 Å². The molecule has 0 amide bonds. The monoisotopic (exact) mass is 279 g/mol. The standard InChI is InChI=1S/C16H29N3O/c1-5-14(12(4)17-6-2)16-18-15(19-20-16)13-9-7-11(3)8-10-13/h11-14,17H,5-10H2,1-4H3. The Bertz CT molecular complexity index is 396. The highest BCUT2D eigenvalue weighted by atomic mass is 16.5. The molecule has 0 aromatic carbocycles. The molecular formula is C16H29N3O. The largest absolute Gasteiger partial charge is 0.339 e. The summed E-state index contributed by atoms with van der Waals surface area (Å²) in [6, 6.07) is 0.379. The lowest BCUT2D eigenvalue weighted by Crippen LogP contribution is -2.31. The number of nitrogens with zero attached hydrogens (tertiary/aromatic N) is 2. The summed E-state index contributed by atoms with van der Waals surface area (Å²) in [7, 11) is 0. The number of nitrogens with one attached hydrogen (secondary N) is 1. The van der Waals surface area contributed by atoms with Crippen molar-refractivity contribution in [3.8, 4) is 0 Å². The minimum atomic E-state index is 0.318. The van der Waals surface area contributed by atoms with Gasteiger partial charge in [0.05, 0.1) is 5.92 Å². The van der Waals surface area contributed by atoms with E-state index in [1.54, 1.807) is 0 Å². The Hall–Kier alpha value is -0.900. The number of hydrogen-bond donors (Lipinski definition) is 1. The minimum absolute atomic E-state index is 0.318. The van der Waals surface area contributed by atoms with E-state index in [1.807, 2.05) is 0 Å². The van der Waals surface area contributed by atoms with E-state index in [0.717, 1.165) is 30.6 Å². The fourth-order valence-corrected chi connectivity index (χ4v) is 3.29. The summed E-state index contributed by atoms with van der Waals surface area (Å²) in [6.07, 6.45) is 6.02. The molecule has 114 valence electrons. The molecule has 1 aliphatic rings. The van der Waals surface area contributed by atoms with Gasteiger partial charge in [0.25, 0.3) is 0 Å². The molecule has 1 aromatic rings. The molecular weight excluding hydrogens is 250 g/mol. The third-order valence-electron chi connectivity index (χ3n) is 4.73. The maximum Gasteiger partial charge on any atom is 0.231 e. The summed E-state index contributed by atoms with van der Waals surface area (Å²) in [4.78, 5) is 4.72. The number of hydrogen-bond acceptors (Lipinski definition) is 4. The molecule has 2 unspecified atom stereocenters. The van der Waals surface area contributed by atoms with Gasteiger partial charge in [-0.1, -0.05) is 38.8 Å². The van der Waals surface area contributed by atoms with Crippen molar-refractivity contribution >= 4 is 0 Å². The van der Waals surface area contributed by atoms with Crippen LogP contribution in [0, 0.1) is 5.92 Å². The van der Waals surface area contributed by atoms with Crippen LogP contribution in [0.25, 0.3) is 0 Å². The molecule has 0 radical (unpaired) electrons. The van der Waals surface area contributed by atoms with Crippen LogP contribution < -0.4 is 5.32 Å². The van der Waals surface area contributed by atoms with Crippen molar-refractivity contribution in [1.82, 2.24) is 15.5 Å². The van der Waals surface area contributed by atoms with Crippen LogP contribution in [0.3, 0.4) is 0 Å². The van der Waals surface area contributed by atoms with Gasteiger partial charge in [-0.2, -0.15) is 4.98 Å². The zero-order chi connectivity index (χ0) is 14.5. The van der Waals surface area contributed by atoms with Crippen LogP contribution >= 0.6 is 0 Å². The molecule has 4 nitrogen and oxygen atoms in total. The summed E-state index contributed by atoms with van der Waals surface area (Å²) < 4.78 is 5.56.